The minimum atomic E-state index is 0.764. The third-order valence-corrected chi connectivity index (χ3v) is 4.49. The van der Waals surface area contributed by atoms with E-state index in [2.05, 4.69) is 5.32 Å². The molecular formula is C16H38N2Si. The minimum Gasteiger partial charge on any atom is -0.329 e. The molecule has 0 atom stereocenters. The molecule has 19 heavy (non-hydrogen) atoms. The lowest BCUT2D eigenvalue weighted by Crippen LogP contribution is -2.23. The van der Waals surface area contributed by atoms with Crippen molar-refractivity contribution in [3.63, 3.8) is 0 Å². The quantitative estimate of drug-likeness (QED) is 0.338. The Hall–Kier alpha value is 0.137. The summed E-state index contributed by atoms with van der Waals surface area (Å²) >= 11 is 0. The van der Waals surface area contributed by atoms with Crippen LogP contribution in [0.5, 0.6) is 0 Å². The highest BCUT2D eigenvalue weighted by Gasteiger charge is 1.93. The summed E-state index contributed by atoms with van der Waals surface area (Å²) in [5, 5.41) is 3.35. The topological polar surface area (TPSA) is 38.0 Å². The third kappa shape index (κ3) is 18.1. The predicted octanol–water partition coefficient (Wildman–Crippen LogP) is 3.00. The predicted molar refractivity (Wildman–Crippen MR) is 92.1 cm³/mol. The molecule has 0 saturated carbocycles. The molecule has 3 heteroatoms. The lowest BCUT2D eigenvalue weighted by Gasteiger charge is -2.04. The molecule has 0 aromatic rings. The van der Waals surface area contributed by atoms with Crippen LogP contribution in [-0.4, -0.2) is 29.9 Å². The molecule has 0 aliphatic carbocycles. The van der Waals surface area contributed by atoms with Crippen LogP contribution in [0.3, 0.4) is 0 Å². The highest BCUT2D eigenvalue weighted by molar-refractivity contribution is 6.08. The van der Waals surface area contributed by atoms with Crippen LogP contribution in [0.15, 0.2) is 0 Å². The van der Waals surface area contributed by atoms with E-state index in [1.807, 2.05) is 0 Å². The van der Waals surface area contributed by atoms with Gasteiger partial charge in [-0.05, 0) is 13.0 Å². The zero-order valence-electron chi connectivity index (χ0n) is 13.4. The maximum absolute atomic E-state index is 5.42. The molecule has 0 radical (unpaired) electrons. The Balaban J connectivity index is 2.88. The third-order valence-electron chi connectivity index (χ3n) is 3.78. The normalized spacial score (nSPS) is 11.2. The Kier molecular flexibility index (Phi) is 18.3. The van der Waals surface area contributed by atoms with Gasteiger partial charge in [0.2, 0.25) is 0 Å². The maximum atomic E-state index is 5.42. The summed E-state index contributed by atoms with van der Waals surface area (Å²) in [6, 6.07) is 1.50. The van der Waals surface area contributed by atoms with Gasteiger partial charge in [-0.1, -0.05) is 76.7 Å². The summed E-state index contributed by atoms with van der Waals surface area (Å²) < 4.78 is 0. The second-order valence-corrected chi connectivity index (χ2v) is 6.78. The van der Waals surface area contributed by atoms with Crippen LogP contribution in [0.25, 0.3) is 0 Å². The molecular weight excluding hydrogens is 248 g/mol. The van der Waals surface area contributed by atoms with Gasteiger partial charge in [0, 0.05) is 23.3 Å². The second kappa shape index (κ2) is 18.1. The smallest absolute Gasteiger partial charge is 0.00745 e. The van der Waals surface area contributed by atoms with Gasteiger partial charge in [0.05, 0.1) is 0 Å². The van der Waals surface area contributed by atoms with Crippen molar-refractivity contribution in [1.29, 1.82) is 0 Å². The average molecular weight is 287 g/mol. The van der Waals surface area contributed by atoms with Crippen molar-refractivity contribution in [2.24, 2.45) is 5.73 Å². The number of hydrogen-bond donors (Lipinski definition) is 2. The highest BCUT2D eigenvalue weighted by Crippen LogP contribution is 2.12. The van der Waals surface area contributed by atoms with Crippen molar-refractivity contribution >= 4 is 10.2 Å². The van der Waals surface area contributed by atoms with Gasteiger partial charge in [-0.15, -0.1) is 0 Å². The number of rotatable bonds is 16. The monoisotopic (exact) mass is 286 g/mol. The average Bonchev–Trinajstić information content (AvgIpc) is 2.43. The number of unbranched alkanes of at least 4 members (excludes halogenated alkanes) is 11. The summed E-state index contributed by atoms with van der Waals surface area (Å²) in [6.45, 7) is 2.89. The van der Waals surface area contributed by atoms with Crippen LogP contribution in [0.4, 0.5) is 0 Å². The Labute approximate surface area is 124 Å². The SMILES string of the molecule is NCCNCCCCCCCCCCCCCC[SiH3]. The molecule has 0 fully saturated rings. The van der Waals surface area contributed by atoms with E-state index in [0.29, 0.717) is 0 Å². The number of nitrogens with one attached hydrogen (secondary N) is 1. The molecule has 0 aliphatic rings. The molecule has 0 aromatic carbocycles. The van der Waals surface area contributed by atoms with E-state index >= 15 is 0 Å². The Morgan fingerprint density at radius 1 is 0.579 bits per heavy atom. The molecule has 116 valence electrons. The molecule has 0 spiro atoms. The van der Waals surface area contributed by atoms with E-state index in [-0.39, 0.29) is 0 Å². The summed E-state index contributed by atoms with van der Waals surface area (Å²) in [6.07, 6.45) is 17.4. The van der Waals surface area contributed by atoms with Crippen molar-refractivity contribution in [3.8, 4) is 0 Å². The molecule has 0 unspecified atom stereocenters. The van der Waals surface area contributed by atoms with E-state index in [9.17, 15) is 0 Å². The number of nitrogens with two attached hydrogens (primary N) is 1. The van der Waals surface area contributed by atoms with Gasteiger partial charge in [-0.3, -0.25) is 0 Å². The van der Waals surface area contributed by atoms with Crippen molar-refractivity contribution in [3.05, 3.63) is 0 Å². The lowest BCUT2D eigenvalue weighted by atomic mass is 10.1. The van der Waals surface area contributed by atoms with Gasteiger partial charge in [-0.25, -0.2) is 0 Å². The van der Waals surface area contributed by atoms with Gasteiger partial charge in [-0.2, -0.15) is 0 Å². The largest absolute Gasteiger partial charge is 0.329 e. The standard InChI is InChI=1S/C16H38N2Si/c17-13-15-18-14-11-9-7-5-3-1-2-4-6-8-10-12-16-19/h18H,1-17H2,19H3. The molecule has 0 heterocycles. The first kappa shape index (κ1) is 19.1. The summed E-state index contributed by atoms with van der Waals surface area (Å²) in [4.78, 5) is 0. The Bertz CT molecular complexity index is 138. The van der Waals surface area contributed by atoms with Crippen LogP contribution in [0.2, 0.25) is 6.04 Å². The fourth-order valence-corrected chi connectivity index (χ4v) is 2.99. The molecule has 0 aromatic heterocycles. The van der Waals surface area contributed by atoms with Crippen molar-refractivity contribution in [2.45, 2.75) is 83.1 Å². The number of hydrogen-bond acceptors (Lipinski definition) is 2. The molecule has 0 rings (SSSR count). The van der Waals surface area contributed by atoms with Crippen LogP contribution in [-0.2, 0) is 0 Å². The van der Waals surface area contributed by atoms with Crippen LogP contribution in [0.1, 0.15) is 77.0 Å². The highest BCUT2D eigenvalue weighted by atomic mass is 28.1. The first-order chi connectivity index (χ1) is 9.41. The zero-order valence-corrected chi connectivity index (χ0v) is 15.4. The molecule has 0 bridgehead atoms. The fraction of sp³-hybridized carbons (Fsp3) is 1.00. The molecule has 3 N–H and O–H groups in total. The Morgan fingerprint density at radius 3 is 1.42 bits per heavy atom. The fourth-order valence-electron chi connectivity index (χ4n) is 2.49. The molecule has 0 saturated heterocycles. The van der Waals surface area contributed by atoms with Gasteiger partial charge < -0.3 is 11.1 Å². The van der Waals surface area contributed by atoms with E-state index < -0.39 is 0 Å². The van der Waals surface area contributed by atoms with Crippen molar-refractivity contribution < 1.29 is 0 Å². The van der Waals surface area contributed by atoms with Gasteiger partial charge in [0.1, 0.15) is 0 Å². The van der Waals surface area contributed by atoms with Crippen LogP contribution in [0, 0.1) is 0 Å². The summed E-state index contributed by atoms with van der Waals surface area (Å²) in [5.41, 5.74) is 5.42. The van der Waals surface area contributed by atoms with E-state index in [1.54, 1.807) is 0 Å². The molecule has 2 nitrogen and oxygen atoms in total. The second-order valence-electron chi connectivity index (χ2n) is 5.78. The van der Waals surface area contributed by atoms with Crippen molar-refractivity contribution in [1.82, 2.24) is 5.32 Å². The van der Waals surface area contributed by atoms with Gasteiger partial charge >= 0.3 is 0 Å². The summed E-state index contributed by atoms with van der Waals surface area (Å²) in [5.74, 6) is 0. The van der Waals surface area contributed by atoms with Crippen molar-refractivity contribution in [2.75, 3.05) is 19.6 Å². The molecule has 0 aliphatic heterocycles. The molecule has 0 amide bonds. The first-order valence-electron chi connectivity index (χ1n) is 8.82. The first-order valence-corrected chi connectivity index (χ1v) is 10.2. The summed E-state index contributed by atoms with van der Waals surface area (Å²) in [7, 11) is 1.40. The van der Waals surface area contributed by atoms with Crippen LogP contribution < -0.4 is 11.1 Å². The van der Waals surface area contributed by atoms with E-state index in [4.69, 9.17) is 5.73 Å². The Morgan fingerprint density at radius 2 is 1.00 bits per heavy atom. The van der Waals surface area contributed by atoms with Gasteiger partial charge in [0.15, 0.2) is 0 Å². The zero-order chi connectivity index (χ0) is 14.0. The lowest BCUT2D eigenvalue weighted by molar-refractivity contribution is 0.536. The van der Waals surface area contributed by atoms with Crippen LogP contribution >= 0.6 is 0 Å². The van der Waals surface area contributed by atoms with E-state index in [1.165, 1.54) is 93.3 Å². The van der Waals surface area contributed by atoms with Gasteiger partial charge in [0.25, 0.3) is 0 Å². The maximum Gasteiger partial charge on any atom is 0.00745 e. The minimum absolute atomic E-state index is 0.764. The van der Waals surface area contributed by atoms with E-state index in [0.717, 1.165) is 19.6 Å².